The van der Waals surface area contributed by atoms with Crippen molar-refractivity contribution in [3.05, 3.63) is 0 Å². The summed E-state index contributed by atoms with van der Waals surface area (Å²) >= 11 is 0. The van der Waals surface area contributed by atoms with Crippen LogP contribution in [0.15, 0.2) is 0 Å². The van der Waals surface area contributed by atoms with Gasteiger partial charge in [0.25, 0.3) is 0 Å². The van der Waals surface area contributed by atoms with Gasteiger partial charge in [0, 0.05) is 25.4 Å². The number of hydrogen-bond acceptors (Lipinski definition) is 2. The summed E-state index contributed by atoms with van der Waals surface area (Å²) < 4.78 is 0. The van der Waals surface area contributed by atoms with Gasteiger partial charge in [-0.3, -0.25) is 4.79 Å². The van der Waals surface area contributed by atoms with E-state index in [0.717, 1.165) is 25.7 Å². The standard InChI is InChI=1S/C9H15NO2/c1-2-10-8(4-3-7-11)5-6-9(10)12/h7-8H,2-6H2,1H3. The van der Waals surface area contributed by atoms with Gasteiger partial charge in [0.15, 0.2) is 0 Å². The van der Waals surface area contributed by atoms with Gasteiger partial charge in [0.05, 0.1) is 0 Å². The summed E-state index contributed by atoms with van der Waals surface area (Å²) in [4.78, 5) is 23.2. The zero-order chi connectivity index (χ0) is 8.97. The summed E-state index contributed by atoms with van der Waals surface area (Å²) in [5, 5.41) is 0. The highest BCUT2D eigenvalue weighted by molar-refractivity contribution is 5.78. The molecule has 0 aromatic carbocycles. The van der Waals surface area contributed by atoms with E-state index in [9.17, 15) is 9.59 Å². The van der Waals surface area contributed by atoms with Crippen molar-refractivity contribution in [3.63, 3.8) is 0 Å². The Morgan fingerprint density at radius 1 is 1.67 bits per heavy atom. The van der Waals surface area contributed by atoms with Crippen molar-refractivity contribution < 1.29 is 9.59 Å². The Morgan fingerprint density at radius 3 is 3.00 bits per heavy atom. The fourth-order valence-electron chi connectivity index (χ4n) is 1.79. The molecule has 1 heterocycles. The summed E-state index contributed by atoms with van der Waals surface area (Å²) in [6.45, 7) is 2.76. The number of amides is 1. The number of nitrogens with zero attached hydrogens (tertiary/aromatic N) is 1. The quantitative estimate of drug-likeness (QED) is 0.588. The number of likely N-dealkylation sites (tertiary alicyclic amines) is 1. The first-order chi connectivity index (χ1) is 5.79. The lowest BCUT2D eigenvalue weighted by Gasteiger charge is -2.22. The Balaban J connectivity index is 2.42. The van der Waals surface area contributed by atoms with Crippen LogP contribution in [0.4, 0.5) is 0 Å². The summed E-state index contributed by atoms with van der Waals surface area (Å²) in [7, 11) is 0. The first-order valence-corrected chi connectivity index (χ1v) is 4.52. The van der Waals surface area contributed by atoms with Gasteiger partial charge in [-0.05, 0) is 19.8 Å². The molecule has 0 bridgehead atoms. The number of carbonyl (C=O) groups excluding carboxylic acids is 2. The molecule has 1 unspecified atom stereocenters. The Morgan fingerprint density at radius 2 is 2.42 bits per heavy atom. The minimum absolute atomic E-state index is 0.244. The van der Waals surface area contributed by atoms with Gasteiger partial charge in [-0.15, -0.1) is 0 Å². The molecule has 12 heavy (non-hydrogen) atoms. The van der Waals surface area contributed by atoms with Crippen molar-refractivity contribution in [1.29, 1.82) is 0 Å². The second kappa shape index (κ2) is 4.24. The molecule has 0 saturated carbocycles. The van der Waals surface area contributed by atoms with Crippen LogP contribution < -0.4 is 0 Å². The second-order valence-electron chi connectivity index (χ2n) is 3.12. The molecule has 3 nitrogen and oxygen atoms in total. The Labute approximate surface area is 72.7 Å². The normalized spacial score (nSPS) is 23.2. The average molecular weight is 169 g/mol. The van der Waals surface area contributed by atoms with Crippen molar-refractivity contribution in [2.24, 2.45) is 0 Å². The van der Waals surface area contributed by atoms with Gasteiger partial charge in [0.2, 0.25) is 5.91 Å². The summed E-state index contributed by atoms with van der Waals surface area (Å²) in [5.41, 5.74) is 0. The highest BCUT2D eigenvalue weighted by Crippen LogP contribution is 2.21. The fourth-order valence-corrected chi connectivity index (χ4v) is 1.79. The molecule has 1 aliphatic heterocycles. The van der Waals surface area contributed by atoms with Crippen LogP contribution in [0.5, 0.6) is 0 Å². The van der Waals surface area contributed by atoms with E-state index in [4.69, 9.17) is 0 Å². The molecule has 1 aliphatic rings. The van der Waals surface area contributed by atoms with E-state index in [1.54, 1.807) is 0 Å². The van der Waals surface area contributed by atoms with E-state index in [1.165, 1.54) is 0 Å². The molecular weight excluding hydrogens is 154 g/mol. The molecule has 0 radical (unpaired) electrons. The van der Waals surface area contributed by atoms with Gasteiger partial charge < -0.3 is 9.69 Å². The van der Waals surface area contributed by atoms with Crippen LogP contribution >= 0.6 is 0 Å². The van der Waals surface area contributed by atoms with Crippen molar-refractivity contribution in [1.82, 2.24) is 4.90 Å². The lowest BCUT2D eigenvalue weighted by atomic mass is 10.1. The van der Waals surface area contributed by atoms with Crippen LogP contribution in [0, 0.1) is 0 Å². The van der Waals surface area contributed by atoms with Crippen LogP contribution in [-0.4, -0.2) is 29.7 Å². The Bertz CT molecular complexity index is 179. The fraction of sp³-hybridized carbons (Fsp3) is 0.778. The molecule has 1 rings (SSSR count). The largest absolute Gasteiger partial charge is 0.340 e. The van der Waals surface area contributed by atoms with Crippen molar-refractivity contribution in [3.8, 4) is 0 Å². The van der Waals surface area contributed by atoms with Crippen molar-refractivity contribution >= 4 is 12.2 Å². The third-order valence-electron chi connectivity index (χ3n) is 2.41. The highest BCUT2D eigenvalue weighted by atomic mass is 16.2. The lowest BCUT2D eigenvalue weighted by Crippen LogP contribution is -2.32. The summed E-state index contributed by atoms with van der Waals surface area (Å²) in [6, 6.07) is 0.327. The van der Waals surface area contributed by atoms with E-state index in [0.29, 0.717) is 18.9 Å². The minimum atomic E-state index is 0.244. The maximum atomic E-state index is 11.2. The number of rotatable bonds is 4. The van der Waals surface area contributed by atoms with E-state index < -0.39 is 0 Å². The van der Waals surface area contributed by atoms with Crippen molar-refractivity contribution in [2.75, 3.05) is 6.54 Å². The molecule has 1 atom stereocenters. The zero-order valence-electron chi connectivity index (χ0n) is 7.45. The van der Waals surface area contributed by atoms with Crippen LogP contribution in [0.25, 0.3) is 0 Å². The molecule has 0 aromatic rings. The molecule has 0 aliphatic carbocycles. The Kier molecular flexibility index (Phi) is 3.26. The minimum Gasteiger partial charge on any atom is -0.340 e. The van der Waals surface area contributed by atoms with Gasteiger partial charge in [-0.25, -0.2) is 0 Å². The maximum absolute atomic E-state index is 11.2. The topological polar surface area (TPSA) is 37.4 Å². The molecule has 3 heteroatoms. The molecule has 1 saturated heterocycles. The summed E-state index contributed by atoms with van der Waals surface area (Å²) in [5.74, 6) is 0.244. The molecule has 1 fully saturated rings. The van der Waals surface area contributed by atoms with Crippen LogP contribution in [0.2, 0.25) is 0 Å². The molecular formula is C9H15NO2. The third kappa shape index (κ3) is 1.84. The van der Waals surface area contributed by atoms with Crippen LogP contribution in [-0.2, 0) is 9.59 Å². The van der Waals surface area contributed by atoms with E-state index in [1.807, 2.05) is 11.8 Å². The second-order valence-corrected chi connectivity index (χ2v) is 3.12. The van der Waals surface area contributed by atoms with Gasteiger partial charge in [-0.1, -0.05) is 0 Å². The molecule has 0 aromatic heterocycles. The smallest absolute Gasteiger partial charge is 0.222 e. The van der Waals surface area contributed by atoms with Gasteiger partial charge >= 0.3 is 0 Å². The first-order valence-electron chi connectivity index (χ1n) is 4.52. The average Bonchev–Trinajstić information content (AvgIpc) is 2.43. The third-order valence-corrected chi connectivity index (χ3v) is 2.41. The van der Waals surface area contributed by atoms with Crippen LogP contribution in [0.3, 0.4) is 0 Å². The predicted molar refractivity (Wildman–Crippen MR) is 45.7 cm³/mol. The number of carbonyl (C=O) groups is 2. The lowest BCUT2D eigenvalue weighted by molar-refractivity contribution is -0.129. The predicted octanol–water partition coefficient (Wildman–Crippen LogP) is 0.976. The summed E-state index contributed by atoms with van der Waals surface area (Å²) in [6.07, 6.45) is 3.94. The van der Waals surface area contributed by atoms with Gasteiger partial charge in [-0.2, -0.15) is 0 Å². The van der Waals surface area contributed by atoms with Crippen molar-refractivity contribution in [2.45, 2.75) is 38.6 Å². The maximum Gasteiger partial charge on any atom is 0.222 e. The molecule has 0 N–H and O–H groups in total. The van der Waals surface area contributed by atoms with Crippen LogP contribution in [0.1, 0.15) is 32.6 Å². The molecule has 68 valence electrons. The van der Waals surface area contributed by atoms with Gasteiger partial charge in [0.1, 0.15) is 6.29 Å². The SMILES string of the molecule is CCN1C(=O)CCC1CCC=O. The van der Waals surface area contributed by atoms with E-state index in [-0.39, 0.29) is 5.91 Å². The molecule has 1 amide bonds. The number of aldehydes is 1. The van der Waals surface area contributed by atoms with E-state index in [2.05, 4.69) is 0 Å². The zero-order valence-corrected chi connectivity index (χ0v) is 7.45. The number of hydrogen-bond donors (Lipinski definition) is 0. The highest BCUT2D eigenvalue weighted by Gasteiger charge is 2.28. The monoisotopic (exact) mass is 169 g/mol. The van der Waals surface area contributed by atoms with E-state index >= 15 is 0 Å². The molecule has 0 spiro atoms. The first kappa shape index (κ1) is 9.23. The Hall–Kier alpha value is -0.860.